The van der Waals surface area contributed by atoms with Crippen LogP contribution < -0.4 is 0 Å². The molecule has 0 bridgehead atoms. The maximum absolute atomic E-state index is 12.7. The summed E-state index contributed by atoms with van der Waals surface area (Å²) in [6.45, 7) is 3.41. The number of rotatable bonds is 8. The van der Waals surface area contributed by atoms with E-state index in [1.807, 2.05) is 48.5 Å². The van der Waals surface area contributed by atoms with E-state index in [9.17, 15) is 9.00 Å². The molecule has 25 heavy (non-hydrogen) atoms. The van der Waals surface area contributed by atoms with Gasteiger partial charge >= 0.3 is 0 Å². The van der Waals surface area contributed by atoms with Crippen LogP contribution in [0.3, 0.4) is 0 Å². The zero-order valence-electron chi connectivity index (χ0n) is 14.6. The molecule has 0 aliphatic carbocycles. The van der Waals surface area contributed by atoms with Gasteiger partial charge in [-0.1, -0.05) is 67.6 Å². The lowest BCUT2D eigenvalue weighted by atomic mass is 10.0. The quantitative estimate of drug-likeness (QED) is 0.728. The fraction of sp³-hybridized carbons (Fsp3) is 0.381. The van der Waals surface area contributed by atoms with Gasteiger partial charge in [0.25, 0.3) is 0 Å². The molecule has 2 aromatic rings. The Bertz CT molecular complexity index is 717. The first kappa shape index (κ1) is 18.0. The summed E-state index contributed by atoms with van der Waals surface area (Å²) in [5.74, 6) is 1.17. The molecule has 0 radical (unpaired) electrons. The molecular formula is C21H25NO2S. The zero-order valence-corrected chi connectivity index (χ0v) is 15.5. The van der Waals surface area contributed by atoms with E-state index in [1.54, 1.807) is 0 Å². The van der Waals surface area contributed by atoms with Crippen molar-refractivity contribution in [3.05, 3.63) is 71.8 Å². The molecule has 0 saturated carbocycles. The van der Waals surface area contributed by atoms with E-state index in [1.165, 1.54) is 5.56 Å². The van der Waals surface area contributed by atoms with Crippen LogP contribution in [0.2, 0.25) is 0 Å². The number of nitrogens with zero attached hydrogens (tertiary/aromatic N) is 1. The second-order valence-electron chi connectivity index (χ2n) is 6.83. The molecular weight excluding hydrogens is 330 g/mol. The number of aryl methyl sites for hydroxylation is 1. The molecule has 0 aromatic heterocycles. The Hall–Kier alpha value is -1.78. The van der Waals surface area contributed by atoms with Gasteiger partial charge in [-0.2, -0.15) is 0 Å². The number of ketones is 1. The molecule has 3 atom stereocenters. The predicted molar refractivity (Wildman–Crippen MR) is 103 cm³/mol. The summed E-state index contributed by atoms with van der Waals surface area (Å²) in [6.07, 6.45) is 1.33. The van der Waals surface area contributed by atoms with Crippen molar-refractivity contribution in [3.8, 4) is 0 Å². The lowest BCUT2D eigenvalue weighted by Crippen LogP contribution is -2.58. The number of likely N-dealkylation sites (tertiary alicyclic amines) is 1. The van der Waals surface area contributed by atoms with E-state index in [4.69, 9.17) is 0 Å². The van der Waals surface area contributed by atoms with Gasteiger partial charge in [0.1, 0.15) is 5.78 Å². The van der Waals surface area contributed by atoms with Gasteiger partial charge < -0.3 is 0 Å². The Morgan fingerprint density at radius 2 is 1.64 bits per heavy atom. The van der Waals surface area contributed by atoms with Gasteiger partial charge in [-0.05, 0) is 23.5 Å². The highest BCUT2D eigenvalue weighted by atomic mass is 32.2. The van der Waals surface area contributed by atoms with E-state index in [2.05, 4.69) is 24.0 Å². The van der Waals surface area contributed by atoms with Crippen LogP contribution in [0.1, 0.15) is 24.5 Å². The molecule has 2 aromatic carbocycles. The van der Waals surface area contributed by atoms with Crippen LogP contribution in [0.4, 0.5) is 0 Å². The monoisotopic (exact) mass is 355 g/mol. The zero-order chi connectivity index (χ0) is 17.6. The van der Waals surface area contributed by atoms with Crippen LogP contribution in [-0.4, -0.2) is 33.4 Å². The van der Waals surface area contributed by atoms with Crippen LogP contribution in [-0.2, 0) is 27.8 Å². The second kappa shape index (κ2) is 8.54. The molecule has 1 heterocycles. The Balaban J connectivity index is 1.50. The summed E-state index contributed by atoms with van der Waals surface area (Å²) < 4.78 is 12.7. The van der Waals surface area contributed by atoms with Gasteiger partial charge in [-0.15, -0.1) is 0 Å². The lowest BCUT2D eigenvalue weighted by Gasteiger charge is -2.45. The summed E-state index contributed by atoms with van der Waals surface area (Å²) in [7, 11) is -0.972. The molecule has 3 nitrogen and oxygen atoms in total. The maximum atomic E-state index is 12.7. The molecule has 0 N–H and O–H groups in total. The average molecular weight is 356 g/mol. The number of hydrogen-bond acceptors (Lipinski definition) is 3. The minimum atomic E-state index is -0.972. The molecule has 1 aliphatic heterocycles. The van der Waals surface area contributed by atoms with Crippen molar-refractivity contribution >= 4 is 16.6 Å². The average Bonchev–Trinajstić information content (AvgIpc) is 2.61. The van der Waals surface area contributed by atoms with Gasteiger partial charge in [-0.3, -0.25) is 13.9 Å². The van der Waals surface area contributed by atoms with E-state index in [0.717, 1.165) is 18.5 Å². The first-order chi connectivity index (χ1) is 12.1. The Morgan fingerprint density at radius 3 is 2.24 bits per heavy atom. The van der Waals surface area contributed by atoms with Gasteiger partial charge in [0.2, 0.25) is 0 Å². The summed E-state index contributed by atoms with van der Waals surface area (Å²) in [5.41, 5.74) is 2.28. The highest BCUT2D eigenvalue weighted by Crippen LogP contribution is 2.28. The topological polar surface area (TPSA) is 37.4 Å². The third-order valence-electron chi connectivity index (χ3n) is 4.71. The summed E-state index contributed by atoms with van der Waals surface area (Å²) in [4.78, 5) is 14.4. The van der Waals surface area contributed by atoms with Gasteiger partial charge in [-0.25, -0.2) is 0 Å². The summed E-state index contributed by atoms with van der Waals surface area (Å²) >= 11 is 0. The van der Waals surface area contributed by atoms with Gasteiger partial charge in [0.05, 0.1) is 17.7 Å². The molecule has 0 amide bonds. The smallest absolute Gasteiger partial charge is 0.147 e. The molecule has 1 saturated heterocycles. The van der Waals surface area contributed by atoms with E-state index < -0.39 is 10.8 Å². The maximum Gasteiger partial charge on any atom is 0.147 e. The SMILES string of the molecule is CC1CN(CC(=O)CCc2ccccc2)C1S(=O)Cc1ccccc1. The Labute approximate surface area is 152 Å². The molecule has 1 fully saturated rings. The molecule has 4 heteroatoms. The fourth-order valence-corrected chi connectivity index (χ4v) is 5.21. The van der Waals surface area contributed by atoms with Crippen molar-refractivity contribution in [2.45, 2.75) is 30.9 Å². The minimum Gasteiger partial charge on any atom is -0.298 e. The normalized spacial score (nSPS) is 21.5. The van der Waals surface area contributed by atoms with Crippen molar-refractivity contribution in [2.75, 3.05) is 13.1 Å². The van der Waals surface area contributed by atoms with Crippen molar-refractivity contribution in [1.82, 2.24) is 4.90 Å². The molecule has 3 unspecified atom stereocenters. The van der Waals surface area contributed by atoms with Crippen molar-refractivity contribution in [1.29, 1.82) is 0 Å². The van der Waals surface area contributed by atoms with Crippen LogP contribution in [0.25, 0.3) is 0 Å². The van der Waals surface area contributed by atoms with Gasteiger partial charge in [0, 0.05) is 23.8 Å². The van der Waals surface area contributed by atoms with Crippen LogP contribution in [0.5, 0.6) is 0 Å². The highest BCUT2D eigenvalue weighted by molar-refractivity contribution is 7.84. The van der Waals surface area contributed by atoms with Crippen molar-refractivity contribution in [3.63, 3.8) is 0 Å². The number of carbonyl (C=O) groups is 1. The third kappa shape index (κ3) is 4.86. The Morgan fingerprint density at radius 1 is 1.04 bits per heavy atom. The number of Topliss-reactive ketones (excluding diaryl/α,β-unsaturated/α-hetero) is 1. The molecule has 0 spiro atoms. The first-order valence-corrected chi connectivity index (χ1v) is 10.2. The van der Waals surface area contributed by atoms with Crippen LogP contribution in [0, 0.1) is 5.92 Å². The van der Waals surface area contributed by atoms with E-state index >= 15 is 0 Å². The predicted octanol–water partition coefficient (Wildman–Crippen LogP) is 3.42. The highest BCUT2D eigenvalue weighted by Gasteiger charge is 2.40. The third-order valence-corrected chi connectivity index (χ3v) is 6.62. The summed E-state index contributed by atoms with van der Waals surface area (Å²) in [5, 5.41) is 0.000816. The van der Waals surface area contributed by atoms with Crippen molar-refractivity contribution in [2.24, 2.45) is 5.92 Å². The second-order valence-corrected chi connectivity index (χ2v) is 8.37. The molecule has 132 valence electrons. The van der Waals surface area contributed by atoms with Crippen LogP contribution in [0.15, 0.2) is 60.7 Å². The largest absolute Gasteiger partial charge is 0.298 e. The van der Waals surface area contributed by atoms with Crippen LogP contribution >= 0.6 is 0 Å². The van der Waals surface area contributed by atoms with Gasteiger partial charge in [0.15, 0.2) is 0 Å². The number of hydrogen-bond donors (Lipinski definition) is 0. The first-order valence-electron chi connectivity index (χ1n) is 8.84. The summed E-state index contributed by atoms with van der Waals surface area (Å²) in [6, 6.07) is 20.0. The molecule has 3 rings (SSSR count). The molecule has 1 aliphatic rings. The number of carbonyl (C=O) groups excluding carboxylic acids is 1. The van der Waals surface area contributed by atoms with Crippen molar-refractivity contribution < 1.29 is 9.00 Å². The van der Waals surface area contributed by atoms with E-state index in [-0.39, 0.29) is 11.2 Å². The number of benzene rings is 2. The fourth-order valence-electron chi connectivity index (χ4n) is 3.42. The standard InChI is InChI=1S/C21H25NO2S/c1-17-14-22(15-20(23)13-12-18-8-4-2-5-9-18)21(17)25(24)16-19-10-6-3-7-11-19/h2-11,17,21H,12-16H2,1H3. The lowest BCUT2D eigenvalue weighted by molar-refractivity contribution is -0.122. The Kier molecular flexibility index (Phi) is 6.16. The van der Waals surface area contributed by atoms with E-state index in [0.29, 0.717) is 24.6 Å². The minimum absolute atomic E-state index is 0.000816.